The van der Waals surface area contributed by atoms with Crippen molar-refractivity contribution in [2.45, 2.75) is 25.1 Å². The number of hydrogen-bond acceptors (Lipinski definition) is 4. The van der Waals surface area contributed by atoms with Gasteiger partial charge in [-0.1, -0.05) is 24.3 Å². The summed E-state index contributed by atoms with van der Waals surface area (Å²) in [6.07, 6.45) is 1.85. The van der Waals surface area contributed by atoms with Crippen LogP contribution in [0.5, 0.6) is 0 Å². The van der Waals surface area contributed by atoms with E-state index in [1.54, 1.807) is 19.2 Å². The Bertz CT molecular complexity index is 830. The Balaban J connectivity index is 1.92. The molecule has 2 heterocycles. The molecular formula is C16H19N3O3S. The number of amides is 1. The van der Waals surface area contributed by atoms with Crippen LogP contribution in [0.15, 0.2) is 36.5 Å². The molecule has 3 rings (SSSR count). The van der Waals surface area contributed by atoms with E-state index in [4.69, 9.17) is 0 Å². The number of para-hydroxylation sites is 1. The monoisotopic (exact) mass is 333 g/mol. The van der Waals surface area contributed by atoms with Gasteiger partial charge in [-0.2, -0.15) is 4.31 Å². The third-order valence-electron chi connectivity index (χ3n) is 4.04. The SMILES string of the molecule is CC1CC(=O)NCCN1S(=O)(=O)Cc1cccc2cccnc12. The zero-order valence-corrected chi connectivity index (χ0v) is 13.7. The number of carbonyl (C=O) groups excluding carboxylic acids is 1. The van der Waals surface area contributed by atoms with Gasteiger partial charge in [-0.05, 0) is 18.6 Å². The number of benzene rings is 1. The predicted molar refractivity (Wildman–Crippen MR) is 88.2 cm³/mol. The number of pyridine rings is 1. The van der Waals surface area contributed by atoms with Gasteiger partial charge in [0, 0.05) is 37.1 Å². The number of rotatable bonds is 3. The molecule has 1 aliphatic rings. The molecule has 6 nitrogen and oxygen atoms in total. The van der Waals surface area contributed by atoms with Crippen LogP contribution in [-0.2, 0) is 20.6 Å². The summed E-state index contributed by atoms with van der Waals surface area (Å²) in [7, 11) is -3.52. The molecule has 1 aliphatic heterocycles. The van der Waals surface area contributed by atoms with Crippen LogP contribution in [0.3, 0.4) is 0 Å². The lowest BCUT2D eigenvalue weighted by atomic mass is 10.1. The maximum Gasteiger partial charge on any atom is 0.221 e. The number of nitrogens with one attached hydrogen (secondary N) is 1. The lowest BCUT2D eigenvalue weighted by Gasteiger charge is -2.25. The Morgan fingerprint density at radius 1 is 1.30 bits per heavy atom. The molecular weight excluding hydrogens is 314 g/mol. The average molecular weight is 333 g/mol. The van der Waals surface area contributed by atoms with Crippen LogP contribution in [0.1, 0.15) is 18.9 Å². The van der Waals surface area contributed by atoms with E-state index in [-0.39, 0.29) is 24.1 Å². The van der Waals surface area contributed by atoms with E-state index in [1.165, 1.54) is 4.31 Å². The lowest BCUT2D eigenvalue weighted by molar-refractivity contribution is -0.121. The standard InChI is InChI=1S/C16H19N3O3S/c1-12-10-15(20)17-8-9-19(12)23(21,22)11-14-5-2-4-13-6-3-7-18-16(13)14/h2-7,12H,8-11H2,1H3,(H,17,20). The largest absolute Gasteiger partial charge is 0.355 e. The van der Waals surface area contributed by atoms with E-state index in [0.29, 0.717) is 24.2 Å². The Labute approximate surface area is 135 Å². The van der Waals surface area contributed by atoms with E-state index in [2.05, 4.69) is 10.3 Å². The minimum atomic E-state index is -3.52. The molecule has 1 aromatic heterocycles. The molecule has 0 aliphatic carbocycles. The summed E-state index contributed by atoms with van der Waals surface area (Å²) in [6.45, 7) is 2.41. The Morgan fingerprint density at radius 3 is 2.91 bits per heavy atom. The zero-order valence-electron chi connectivity index (χ0n) is 12.9. The Hall–Kier alpha value is -1.99. The number of aromatic nitrogens is 1. The highest BCUT2D eigenvalue weighted by Gasteiger charge is 2.31. The van der Waals surface area contributed by atoms with Crippen molar-refractivity contribution in [3.8, 4) is 0 Å². The summed E-state index contributed by atoms with van der Waals surface area (Å²) < 4.78 is 27.1. The van der Waals surface area contributed by atoms with Gasteiger partial charge in [0.15, 0.2) is 0 Å². The van der Waals surface area contributed by atoms with E-state index in [0.717, 1.165) is 5.39 Å². The third-order valence-corrected chi connectivity index (χ3v) is 5.97. The molecule has 0 bridgehead atoms. The highest BCUT2D eigenvalue weighted by molar-refractivity contribution is 7.88. The molecule has 2 aromatic rings. The maximum absolute atomic E-state index is 12.8. The highest BCUT2D eigenvalue weighted by atomic mass is 32.2. The minimum Gasteiger partial charge on any atom is -0.355 e. The van der Waals surface area contributed by atoms with E-state index < -0.39 is 10.0 Å². The van der Waals surface area contributed by atoms with Gasteiger partial charge in [0.2, 0.25) is 15.9 Å². The first-order valence-electron chi connectivity index (χ1n) is 7.56. The Kier molecular flexibility index (Phi) is 4.32. The van der Waals surface area contributed by atoms with Crippen molar-refractivity contribution < 1.29 is 13.2 Å². The molecule has 23 heavy (non-hydrogen) atoms. The van der Waals surface area contributed by atoms with Gasteiger partial charge in [-0.25, -0.2) is 8.42 Å². The van der Waals surface area contributed by atoms with Gasteiger partial charge in [-0.15, -0.1) is 0 Å². The first-order chi connectivity index (χ1) is 11.0. The quantitative estimate of drug-likeness (QED) is 0.917. The molecule has 7 heteroatoms. The number of nitrogens with zero attached hydrogens (tertiary/aromatic N) is 2. The fourth-order valence-corrected chi connectivity index (χ4v) is 4.73. The van der Waals surface area contributed by atoms with Crippen LogP contribution in [0.25, 0.3) is 10.9 Å². The molecule has 1 aromatic carbocycles. The van der Waals surface area contributed by atoms with Crippen LogP contribution < -0.4 is 5.32 Å². The number of carbonyl (C=O) groups is 1. The van der Waals surface area contributed by atoms with Gasteiger partial charge < -0.3 is 5.32 Å². The van der Waals surface area contributed by atoms with Crippen molar-refractivity contribution in [2.24, 2.45) is 0 Å². The lowest BCUT2D eigenvalue weighted by Crippen LogP contribution is -2.40. The normalized spacial score (nSPS) is 20.2. The molecule has 1 unspecified atom stereocenters. The molecule has 0 spiro atoms. The summed E-state index contributed by atoms with van der Waals surface area (Å²) in [4.78, 5) is 15.9. The van der Waals surface area contributed by atoms with Gasteiger partial charge >= 0.3 is 0 Å². The number of sulfonamides is 1. The fraction of sp³-hybridized carbons (Fsp3) is 0.375. The smallest absolute Gasteiger partial charge is 0.221 e. The molecule has 1 N–H and O–H groups in total. The van der Waals surface area contributed by atoms with Gasteiger partial charge in [0.05, 0.1) is 11.3 Å². The second kappa shape index (κ2) is 6.25. The number of hydrogen-bond donors (Lipinski definition) is 1. The van der Waals surface area contributed by atoms with Crippen molar-refractivity contribution in [1.82, 2.24) is 14.6 Å². The summed E-state index contributed by atoms with van der Waals surface area (Å²) >= 11 is 0. The second-order valence-corrected chi connectivity index (χ2v) is 7.68. The highest BCUT2D eigenvalue weighted by Crippen LogP contribution is 2.22. The minimum absolute atomic E-state index is 0.109. The summed E-state index contributed by atoms with van der Waals surface area (Å²) in [5.74, 6) is -0.220. The molecule has 0 saturated carbocycles. The number of fused-ring (bicyclic) bond motifs is 1. The first kappa shape index (κ1) is 15.9. The van der Waals surface area contributed by atoms with Crippen LogP contribution >= 0.6 is 0 Å². The van der Waals surface area contributed by atoms with Gasteiger partial charge in [-0.3, -0.25) is 9.78 Å². The van der Waals surface area contributed by atoms with E-state index >= 15 is 0 Å². The third kappa shape index (κ3) is 3.35. The van der Waals surface area contributed by atoms with Crippen LogP contribution in [0, 0.1) is 0 Å². The van der Waals surface area contributed by atoms with Crippen LogP contribution in [0.2, 0.25) is 0 Å². The van der Waals surface area contributed by atoms with Gasteiger partial charge in [0.25, 0.3) is 0 Å². The Morgan fingerprint density at radius 2 is 2.09 bits per heavy atom. The molecule has 1 saturated heterocycles. The van der Waals surface area contributed by atoms with Gasteiger partial charge in [0.1, 0.15) is 0 Å². The van der Waals surface area contributed by atoms with Crippen molar-refractivity contribution in [3.63, 3.8) is 0 Å². The van der Waals surface area contributed by atoms with E-state index in [1.807, 2.05) is 24.3 Å². The predicted octanol–water partition coefficient (Wildman–Crippen LogP) is 1.27. The average Bonchev–Trinajstić information content (AvgIpc) is 2.68. The summed E-state index contributed by atoms with van der Waals surface area (Å²) in [5, 5.41) is 3.63. The second-order valence-electron chi connectivity index (χ2n) is 5.76. The molecule has 1 fully saturated rings. The molecule has 1 atom stereocenters. The molecule has 122 valence electrons. The van der Waals surface area contributed by atoms with Crippen molar-refractivity contribution in [2.75, 3.05) is 13.1 Å². The summed E-state index contributed by atoms with van der Waals surface area (Å²) in [6, 6.07) is 8.94. The van der Waals surface area contributed by atoms with Crippen molar-refractivity contribution >= 4 is 26.8 Å². The van der Waals surface area contributed by atoms with Crippen LogP contribution in [-0.4, -0.2) is 42.7 Å². The first-order valence-corrected chi connectivity index (χ1v) is 9.17. The zero-order chi connectivity index (χ0) is 16.4. The summed E-state index contributed by atoms with van der Waals surface area (Å²) in [5.41, 5.74) is 1.38. The van der Waals surface area contributed by atoms with E-state index in [9.17, 15) is 13.2 Å². The topological polar surface area (TPSA) is 79.4 Å². The fourth-order valence-electron chi connectivity index (χ4n) is 2.94. The van der Waals surface area contributed by atoms with Crippen LogP contribution in [0.4, 0.5) is 0 Å². The van der Waals surface area contributed by atoms with Crippen molar-refractivity contribution in [1.29, 1.82) is 0 Å². The molecule has 1 amide bonds. The molecule has 0 radical (unpaired) electrons. The maximum atomic E-state index is 12.8. The van der Waals surface area contributed by atoms with Crippen molar-refractivity contribution in [3.05, 3.63) is 42.1 Å².